The van der Waals surface area contributed by atoms with E-state index in [1.54, 1.807) is 25.5 Å². The van der Waals surface area contributed by atoms with Crippen molar-refractivity contribution in [1.82, 2.24) is 10.3 Å². The minimum Gasteiger partial charge on any atom is -0.493 e. The summed E-state index contributed by atoms with van der Waals surface area (Å²) in [7, 11) is 3.39. The Hall–Kier alpha value is -1.55. The van der Waals surface area contributed by atoms with Gasteiger partial charge in [0.25, 0.3) is 0 Å². The molecule has 0 atom stereocenters. The Morgan fingerprint density at radius 2 is 2.04 bits per heavy atom. The van der Waals surface area contributed by atoms with Gasteiger partial charge in [0, 0.05) is 36.6 Å². The smallest absolute Gasteiger partial charge is 0.195 e. The topological polar surface area (TPSA) is 67.8 Å². The average Bonchev–Trinajstić information content (AvgIpc) is 3.01. The fourth-order valence-corrected chi connectivity index (χ4v) is 3.57. The number of methoxy groups -OCH3 is 1. The number of ether oxygens (including phenoxy) is 2. The van der Waals surface area contributed by atoms with Crippen LogP contribution in [-0.2, 0) is 12.8 Å². The van der Waals surface area contributed by atoms with Crippen LogP contribution in [-0.4, -0.2) is 38.3 Å². The first-order valence-electron chi connectivity index (χ1n) is 8.84. The van der Waals surface area contributed by atoms with E-state index in [2.05, 4.69) is 34.5 Å². The summed E-state index contributed by atoms with van der Waals surface area (Å²) in [6.07, 6.45) is 1.86. The molecule has 1 heterocycles. The van der Waals surface area contributed by atoms with Gasteiger partial charge in [-0.2, -0.15) is 0 Å². The van der Waals surface area contributed by atoms with E-state index in [0.29, 0.717) is 24.1 Å². The molecule has 0 saturated carbocycles. The molecule has 0 radical (unpaired) electrons. The number of halogens is 1. The number of guanidine groups is 1. The molecule has 0 fully saturated rings. The first kappa shape index (κ1) is 23.5. The van der Waals surface area contributed by atoms with Crippen molar-refractivity contribution in [3.8, 4) is 11.5 Å². The fourth-order valence-electron chi connectivity index (χ4n) is 2.55. The highest BCUT2D eigenvalue weighted by Gasteiger charge is 2.08. The van der Waals surface area contributed by atoms with Gasteiger partial charge in [-0.25, -0.2) is 4.98 Å². The molecule has 1 aromatic carbocycles. The molecule has 8 heteroatoms. The molecular formula is C19H29IN4O2S. The van der Waals surface area contributed by atoms with Crippen LogP contribution in [0.25, 0.3) is 0 Å². The van der Waals surface area contributed by atoms with Gasteiger partial charge in [0.2, 0.25) is 0 Å². The van der Waals surface area contributed by atoms with Crippen LogP contribution in [0.3, 0.4) is 0 Å². The Labute approximate surface area is 182 Å². The highest BCUT2D eigenvalue weighted by atomic mass is 127. The quantitative estimate of drug-likeness (QED) is 0.320. The first-order valence-corrected chi connectivity index (χ1v) is 9.66. The second-order valence-electron chi connectivity index (χ2n) is 5.64. The SMILES string of the molecule is CCOc1cc(NC(=NC)NCCc2nc(CC)c(C)s2)ccc1OC.I. The molecule has 6 nitrogen and oxygen atoms in total. The van der Waals surface area contributed by atoms with Crippen molar-refractivity contribution < 1.29 is 9.47 Å². The summed E-state index contributed by atoms with van der Waals surface area (Å²) in [5, 5.41) is 7.76. The maximum atomic E-state index is 5.61. The molecule has 0 aliphatic carbocycles. The summed E-state index contributed by atoms with van der Waals surface area (Å²) in [6, 6.07) is 5.73. The Morgan fingerprint density at radius 3 is 2.63 bits per heavy atom. The van der Waals surface area contributed by atoms with E-state index >= 15 is 0 Å². The number of thiazole rings is 1. The van der Waals surface area contributed by atoms with E-state index in [4.69, 9.17) is 9.47 Å². The summed E-state index contributed by atoms with van der Waals surface area (Å²) in [6.45, 7) is 7.57. The molecule has 0 aliphatic rings. The fraction of sp³-hybridized carbons (Fsp3) is 0.474. The standard InChI is InChI=1S/C19H28N4O2S.HI/c1-6-15-13(3)26-18(23-15)10-11-21-19(20-4)22-14-8-9-16(24-5)17(12-14)25-7-2;/h8-9,12H,6-7,10-11H2,1-5H3,(H2,20,21,22);1H. The van der Waals surface area contributed by atoms with Crippen LogP contribution in [0.1, 0.15) is 29.4 Å². The highest BCUT2D eigenvalue weighted by Crippen LogP contribution is 2.30. The van der Waals surface area contributed by atoms with Crippen LogP contribution in [0.15, 0.2) is 23.2 Å². The monoisotopic (exact) mass is 504 g/mol. The van der Waals surface area contributed by atoms with Gasteiger partial charge in [0.1, 0.15) is 0 Å². The van der Waals surface area contributed by atoms with E-state index in [0.717, 1.165) is 30.1 Å². The summed E-state index contributed by atoms with van der Waals surface area (Å²) in [5.74, 6) is 2.13. The van der Waals surface area contributed by atoms with Crippen molar-refractivity contribution >= 4 is 47.0 Å². The van der Waals surface area contributed by atoms with Crippen LogP contribution >= 0.6 is 35.3 Å². The van der Waals surface area contributed by atoms with Crippen LogP contribution < -0.4 is 20.1 Å². The number of nitrogens with zero attached hydrogens (tertiary/aromatic N) is 2. The predicted molar refractivity (Wildman–Crippen MR) is 124 cm³/mol. The number of rotatable bonds is 8. The Morgan fingerprint density at radius 1 is 1.26 bits per heavy atom. The minimum absolute atomic E-state index is 0. The van der Waals surface area contributed by atoms with E-state index in [1.165, 1.54) is 10.6 Å². The third-order valence-electron chi connectivity index (χ3n) is 3.85. The first-order chi connectivity index (χ1) is 12.6. The molecule has 0 spiro atoms. The summed E-state index contributed by atoms with van der Waals surface area (Å²) < 4.78 is 10.9. The average molecular weight is 504 g/mol. The molecule has 150 valence electrons. The second kappa shape index (κ2) is 12.0. The van der Waals surface area contributed by atoms with Gasteiger partial charge in [0.05, 0.1) is 24.4 Å². The van der Waals surface area contributed by atoms with Gasteiger partial charge in [-0.15, -0.1) is 35.3 Å². The number of benzene rings is 1. The van der Waals surface area contributed by atoms with Gasteiger partial charge < -0.3 is 20.1 Å². The number of nitrogens with one attached hydrogen (secondary N) is 2. The van der Waals surface area contributed by atoms with Gasteiger partial charge in [-0.1, -0.05) is 6.92 Å². The van der Waals surface area contributed by atoms with Gasteiger partial charge >= 0.3 is 0 Å². The number of aromatic nitrogens is 1. The minimum atomic E-state index is 0. The number of hydrogen-bond donors (Lipinski definition) is 2. The lowest BCUT2D eigenvalue weighted by atomic mass is 10.2. The van der Waals surface area contributed by atoms with Crippen LogP contribution in [0.4, 0.5) is 5.69 Å². The number of hydrogen-bond acceptors (Lipinski definition) is 5. The molecule has 1 aromatic heterocycles. The lowest BCUT2D eigenvalue weighted by molar-refractivity contribution is 0.311. The van der Waals surface area contributed by atoms with Gasteiger partial charge in [-0.05, 0) is 32.4 Å². The number of aryl methyl sites for hydroxylation is 2. The zero-order valence-corrected chi connectivity index (χ0v) is 19.7. The predicted octanol–water partition coefficient (Wildman–Crippen LogP) is 4.27. The number of anilines is 1. The molecular weight excluding hydrogens is 475 g/mol. The van der Waals surface area contributed by atoms with Crippen molar-refractivity contribution in [2.45, 2.75) is 33.6 Å². The van der Waals surface area contributed by atoms with Crippen LogP contribution in [0.2, 0.25) is 0 Å². The van der Waals surface area contributed by atoms with Crippen LogP contribution in [0, 0.1) is 6.92 Å². The molecule has 0 unspecified atom stereocenters. The lowest BCUT2D eigenvalue weighted by Crippen LogP contribution is -2.32. The second-order valence-corrected chi connectivity index (χ2v) is 6.92. The highest BCUT2D eigenvalue weighted by molar-refractivity contribution is 14.0. The molecule has 0 saturated heterocycles. The van der Waals surface area contributed by atoms with Crippen molar-refractivity contribution in [2.75, 3.05) is 32.6 Å². The summed E-state index contributed by atoms with van der Waals surface area (Å²) >= 11 is 1.77. The van der Waals surface area contributed by atoms with Crippen molar-refractivity contribution in [1.29, 1.82) is 0 Å². The maximum Gasteiger partial charge on any atom is 0.195 e. The van der Waals surface area contributed by atoms with E-state index in [-0.39, 0.29) is 24.0 Å². The van der Waals surface area contributed by atoms with Gasteiger partial charge in [0.15, 0.2) is 17.5 Å². The lowest BCUT2D eigenvalue weighted by Gasteiger charge is -2.14. The molecule has 2 aromatic rings. The van der Waals surface area contributed by atoms with E-state index < -0.39 is 0 Å². The summed E-state index contributed by atoms with van der Waals surface area (Å²) in [5.41, 5.74) is 2.09. The Bertz CT molecular complexity index is 749. The molecule has 0 bridgehead atoms. The molecule has 2 N–H and O–H groups in total. The third kappa shape index (κ3) is 6.84. The molecule has 27 heavy (non-hydrogen) atoms. The van der Waals surface area contributed by atoms with Crippen LogP contribution in [0.5, 0.6) is 11.5 Å². The zero-order valence-electron chi connectivity index (χ0n) is 16.6. The zero-order chi connectivity index (χ0) is 18.9. The van der Waals surface area contributed by atoms with Crippen molar-refractivity contribution in [3.05, 3.63) is 33.8 Å². The molecule has 0 aliphatic heterocycles. The van der Waals surface area contributed by atoms with E-state index in [1.807, 2.05) is 25.1 Å². The summed E-state index contributed by atoms with van der Waals surface area (Å²) in [4.78, 5) is 10.3. The van der Waals surface area contributed by atoms with Crippen molar-refractivity contribution in [3.63, 3.8) is 0 Å². The normalized spacial score (nSPS) is 10.9. The Kier molecular flexibility index (Phi) is 10.5. The molecule has 0 amide bonds. The molecule has 2 rings (SSSR count). The van der Waals surface area contributed by atoms with Gasteiger partial charge in [-0.3, -0.25) is 4.99 Å². The van der Waals surface area contributed by atoms with Crippen molar-refractivity contribution in [2.24, 2.45) is 4.99 Å². The largest absolute Gasteiger partial charge is 0.493 e. The third-order valence-corrected chi connectivity index (χ3v) is 4.93. The number of aliphatic imine (C=N–C) groups is 1. The maximum absolute atomic E-state index is 5.61. The van der Waals surface area contributed by atoms with E-state index in [9.17, 15) is 0 Å². The Balaban J connectivity index is 0.00000364.